The molecule has 0 N–H and O–H groups in total. The highest BCUT2D eigenvalue weighted by molar-refractivity contribution is 5.72. The normalized spacial score (nSPS) is 12.6. The summed E-state index contributed by atoms with van der Waals surface area (Å²) in [6, 6.07) is 0. The van der Waals surface area contributed by atoms with E-state index in [-0.39, 0.29) is 0 Å². The van der Waals surface area contributed by atoms with Gasteiger partial charge in [0.2, 0.25) is 0 Å². The third-order valence-corrected chi connectivity index (χ3v) is 0.831. The topological polar surface area (TPSA) is 24.7 Å². The highest BCUT2D eigenvalue weighted by Crippen LogP contribution is 1.84. The lowest BCUT2D eigenvalue weighted by Gasteiger charge is -1.86. The fourth-order valence-electron chi connectivity index (χ4n) is 0.377. The number of nitrogens with zero attached hydrogens (tertiary/aromatic N) is 2. The molecule has 0 aromatic carbocycles. The average molecular weight is 150 g/mol. The molecule has 0 radical (unpaired) electrons. The molecular formula is C9H14N2. The Balaban J connectivity index is 3.59. The molecule has 2 heteroatoms. The van der Waals surface area contributed by atoms with E-state index in [2.05, 4.69) is 30.6 Å². The lowest BCUT2D eigenvalue weighted by molar-refractivity contribution is 0.900. The van der Waals surface area contributed by atoms with Crippen LogP contribution < -0.4 is 0 Å². The number of allylic oxidation sites excluding steroid dienone is 3. The summed E-state index contributed by atoms with van der Waals surface area (Å²) in [6.07, 6.45) is 8.69. The van der Waals surface area contributed by atoms with Crippen molar-refractivity contribution in [2.45, 2.75) is 13.8 Å². The summed E-state index contributed by atoms with van der Waals surface area (Å²) in [6.45, 7) is 7.63. The third-order valence-electron chi connectivity index (χ3n) is 0.831. The molecule has 60 valence electrons. The van der Waals surface area contributed by atoms with Crippen LogP contribution in [0, 0.1) is 5.92 Å². The van der Waals surface area contributed by atoms with Crippen molar-refractivity contribution in [3.05, 3.63) is 24.8 Å². The molecule has 0 saturated carbocycles. The van der Waals surface area contributed by atoms with Crippen molar-refractivity contribution in [3.8, 4) is 0 Å². The van der Waals surface area contributed by atoms with Gasteiger partial charge in [0.25, 0.3) is 0 Å². The minimum Gasteiger partial charge on any atom is -0.163 e. The van der Waals surface area contributed by atoms with Crippen molar-refractivity contribution < 1.29 is 0 Å². The van der Waals surface area contributed by atoms with Crippen molar-refractivity contribution in [2.75, 3.05) is 0 Å². The largest absolute Gasteiger partial charge is 0.163 e. The van der Waals surface area contributed by atoms with Crippen LogP contribution in [0.5, 0.6) is 0 Å². The smallest absolute Gasteiger partial charge is 0.0495 e. The lowest BCUT2D eigenvalue weighted by Crippen LogP contribution is -1.84. The fourth-order valence-corrected chi connectivity index (χ4v) is 0.377. The zero-order chi connectivity index (χ0) is 8.53. The van der Waals surface area contributed by atoms with Gasteiger partial charge in [-0.25, -0.2) is 0 Å². The maximum Gasteiger partial charge on any atom is 0.0495 e. The predicted octanol–water partition coefficient (Wildman–Crippen LogP) is 2.44. The molecule has 0 aromatic heterocycles. The first-order valence-corrected chi connectivity index (χ1v) is 3.61. The van der Waals surface area contributed by atoms with Crippen LogP contribution in [0.1, 0.15) is 13.8 Å². The number of hydrogen-bond acceptors (Lipinski definition) is 2. The first-order chi connectivity index (χ1) is 5.27. The van der Waals surface area contributed by atoms with Gasteiger partial charge in [0.15, 0.2) is 0 Å². The van der Waals surface area contributed by atoms with Gasteiger partial charge in [-0.1, -0.05) is 32.6 Å². The second kappa shape index (κ2) is 6.93. The zero-order valence-corrected chi connectivity index (χ0v) is 7.07. The van der Waals surface area contributed by atoms with Gasteiger partial charge in [0.1, 0.15) is 0 Å². The van der Waals surface area contributed by atoms with Crippen molar-refractivity contribution in [3.63, 3.8) is 0 Å². The van der Waals surface area contributed by atoms with Gasteiger partial charge in [-0.3, -0.25) is 0 Å². The number of hydrogen-bond donors (Lipinski definition) is 0. The summed E-state index contributed by atoms with van der Waals surface area (Å²) in [7, 11) is 0. The SMILES string of the molecule is C=C\C=C/C=N\N=C\C(C)C. The first kappa shape index (κ1) is 9.82. The molecule has 0 saturated heterocycles. The van der Waals surface area contributed by atoms with E-state index in [9.17, 15) is 0 Å². The molecule has 11 heavy (non-hydrogen) atoms. The molecule has 2 nitrogen and oxygen atoms in total. The maximum absolute atomic E-state index is 3.80. The Morgan fingerprint density at radius 1 is 1.18 bits per heavy atom. The molecule has 0 atom stereocenters. The van der Waals surface area contributed by atoms with Crippen molar-refractivity contribution >= 4 is 12.4 Å². The van der Waals surface area contributed by atoms with Gasteiger partial charge in [-0.15, -0.1) is 0 Å². The van der Waals surface area contributed by atoms with Crippen molar-refractivity contribution in [1.82, 2.24) is 0 Å². The molecule has 0 aliphatic rings. The summed E-state index contributed by atoms with van der Waals surface area (Å²) < 4.78 is 0. The van der Waals surface area contributed by atoms with Crippen molar-refractivity contribution in [2.24, 2.45) is 16.1 Å². The van der Waals surface area contributed by atoms with E-state index in [0.29, 0.717) is 5.92 Å². The van der Waals surface area contributed by atoms with Crippen LogP contribution in [0.4, 0.5) is 0 Å². The van der Waals surface area contributed by atoms with Crippen LogP contribution >= 0.6 is 0 Å². The minimum absolute atomic E-state index is 0.454. The second-order valence-electron chi connectivity index (χ2n) is 2.39. The predicted molar refractivity (Wildman–Crippen MR) is 51.2 cm³/mol. The highest BCUT2D eigenvalue weighted by Gasteiger charge is 1.80. The summed E-state index contributed by atoms with van der Waals surface area (Å²) in [5.41, 5.74) is 0. The lowest BCUT2D eigenvalue weighted by atomic mass is 10.3. The van der Waals surface area contributed by atoms with E-state index in [4.69, 9.17) is 0 Å². The monoisotopic (exact) mass is 150 g/mol. The molecular weight excluding hydrogens is 136 g/mol. The molecule has 0 unspecified atom stereocenters. The minimum atomic E-state index is 0.454. The van der Waals surface area contributed by atoms with Crippen LogP contribution in [0.2, 0.25) is 0 Å². The summed E-state index contributed by atoms with van der Waals surface area (Å²) in [5.74, 6) is 0.454. The molecule has 0 heterocycles. The highest BCUT2D eigenvalue weighted by atomic mass is 15.2. The average Bonchev–Trinajstić information content (AvgIpc) is 1.96. The molecule has 0 spiro atoms. The summed E-state index contributed by atoms with van der Waals surface area (Å²) in [4.78, 5) is 0. The first-order valence-electron chi connectivity index (χ1n) is 3.61. The zero-order valence-electron chi connectivity index (χ0n) is 7.07. The number of rotatable bonds is 4. The Morgan fingerprint density at radius 3 is 2.45 bits per heavy atom. The summed E-state index contributed by atoms with van der Waals surface area (Å²) in [5, 5.41) is 7.56. The third kappa shape index (κ3) is 8.82. The maximum atomic E-state index is 3.80. The van der Waals surface area contributed by atoms with Gasteiger partial charge in [0.05, 0.1) is 0 Å². The molecule has 0 aromatic rings. The molecule has 0 amide bonds. The van der Waals surface area contributed by atoms with Crippen LogP contribution in [-0.2, 0) is 0 Å². The van der Waals surface area contributed by atoms with E-state index in [1.54, 1.807) is 30.7 Å². The standard InChI is InChI=1S/C9H14N2/c1-4-5-6-7-10-11-8-9(2)3/h4-9H,1H2,2-3H3/b6-5-,10-7-,11-8+. The van der Waals surface area contributed by atoms with Crippen LogP contribution in [0.25, 0.3) is 0 Å². The Morgan fingerprint density at radius 2 is 1.91 bits per heavy atom. The molecule has 0 bridgehead atoms. The fraction of sp³-hybridized carbons (Fsp3) is 0.333. The molecule has 0 fully saturated rings. The van der Waals surface area contributed by atoms with Crippen molar-refractivity contribution in [1.29, 1.82) is 0 Å². The van der Waals surface area contributed by atoms with Gasteiger partial charge in [-0.05, 0) is 12.0 Å². The van der Waals surface area contributed by atoms with E-state index in [0.717, 1.165) is 0 Å². The second-order valence-corrected chi connectivity index (χ2v) is 2.39. The van der Waals surface area contributed by atoms with Gasteiger partial charge >= 0.3 is 0 Å². The van der Waals surface area contributed by atoms with E-state index in [1.165, 1.54) is 0 Å². The quantitative estimate of drug-likeness (QED) is 0.334. The Bertz CT molecular complexity index is 176. The molecule has 0 aliphatic heterocycles. The van der Waals surface area contributed by atoms with Gasteiger partial charge < -0.3 is 0 Å². The Hall–Kier alpha value is -1.18. The summed E-state index contributed by atoms with van der Waals surface area (Å²) >= 11 is 0. The van der Waals surface area contributed by atoms with E-state index in [1.807, 2.05) is 0 Å². The molecule has 0 rings (SSSR count). The Kier molecular flexibility index (Phi) is 6.19. The van der Waals surface area contributed by atoms with Gasteiger partial charge in [-0.2, -0.15) is 10.2 Å². The van der Waals surface area contributed by atoms with E-state index < -0.39 is 0 Å². The van der Waals surface area contributed by atoms with Crippen LogP contribution in [-0.4, -0.2) is 12.4 Å². The van der Waals surface area contributed by atoms with Crippen LogP contribution in [0.3, 0.4) is 0 Å². The Labute approximate surface area is 68.0 Å². The van der Waals surface area contributed by atoms with E-state index >= 15 is 0 Å². The van der Waals surface area contributed by atoms with Gasteiger partial charge in [0, 0.05) is 12.4 Å². The molecule has 0 aliphatic carbocycles. The van der Waals surface area contributed by atoms with Crippen LogP contribution in [0.15, 0.2) is 35.0 Å².